The van der Waals surface area contributed by atoms with Crippen LogP contribution in [0.2, 0.25) is 0 Å². The van der Waals surface area contributed by atoms with E-state index in [0.29, 0.717) is 35.0 Å². The molecule has 0 bridgehead atoms. The number of aromatic nitrogens is 2. The molecule has 3 rings (SSSR count). The number of nitrogens with zero attached hydrogens (tertiary/aromatic N) is 2. The number of hydrogen-bond acceptors (Lipinski definition) is 2. The molecule has 1 aromatic carbocycles. The second kappa shape index (κ2) is 8.45. The maximum Gasteiger partial charge on any atom is 0.417 e. The molecule has 0 aliphatic carbocycles. The maximum atomic E-state index is 14.7. The first-order valence-corrected chi connectivity index (χ1v) is 9.46. The molecule has 0 saturated heterocycles. The van der Waals surface area contributed by atoms with Crippen molar-refractivity contribution in [3.05, 3.63) is 87.9 Å². The highest BCUT2D eigenvalue weighted by atomic mass is 19.4. The molecule has 1 aliphatic heterocycles. The first-order valence-electron chi connectivity index (χ1n) is 9.46. The Hall–Kier alpha value is -3.29. The van der Waals surface area contributed by atoms with Crippen LogP contribution >= 0.6 is 0 Å². The van der Waals surface area contributed by atoms with Gasteiger partial charge in [0.1, 0.15) is 11.6 Å². The van der Waals surface area contributed by atoms with Crippen molar-refractivity contribution in [2.45, 2.75) is 33.4 Å². The molecule has 31 heavy (non-hydrogen) atoms. The maximum absolute atomic E-state index is 14.7. The van der Waals surface area contributed by atoms with Crippen LogP contribution < -0.4 is 0 Å². The minimum atomic E-state index is -4.64. The lowest BCUT2D eigenvalue weighted by molar-refractivity contribution is -0.0883. The lowest BCUT2D eigenvalue weighted by Gasteiger charge is -2.18. The Morgan fingerprint density at radius 1 is 1.13 bits per heavy atom. The van der Waals surface area contributed by atoms with Crippen LogP contribution in [0.4, 0.5) is 22.0 Å². The number of halogens is 5. The van der Waals surface area contributed by atoms with E-state index >= 15 is 0 Å². The largest absolute Gasteiger partial charge is 0.417 e. The normalized spacial score (nSPS) is 21.5. The zero-order chi connectivity index (χ0) is 22.9. The van der Waals surface area contributed by atoms with Gasteiger partial charge in [-0.1, -0.05) is 13.5 Å². The zero-order valence-electron chi connectivity index (χ0n) is 17.2. The minimum absolute atomic E-state index is 0.0224. The van der Waals surface area contributed by atoms with E-state index in [2.05, 4.69) is 21.8 Å². The van der Waals surface area contributed by atoms with Crippen molar-refractivity contribution in [1.82, 2.24) is 10.2 Å². The van der Waals surface area contributed by atoms with Gasteiger partial charge >= 0.3 is 6.18 Å². The number of benzene rings is 1. The molecule has 2 aromatic rings. The molecule has 3 nitrogen and oxygen atoms in total. The summed E-state index contributed by atoms with van der Waals surface area (Å²) in [5, 5.41) is 6.58. The molecule has 0 unspecified atom stereocenters. The van der Waals surface area contributed by atoms with Gasteiger partial charge in [-0.25, -0.2) is 8.78 Å². The van der Waals surface area contributed by atoms with Crippen molar-refractivity contribution in [2.24, 2.45) is 4.99 Å². The molecule has 0 amide bonds. The van der Waals surface area contributed by atoms with Gasteiger partial charge in [-0.15, -0.1) is 0 Å². The second-order valence-corrected chi connectivity index (χ2v) is 7.15. The van der Waals surface area contributed by atoms with Crippen molar-refractivity contribution in [3.8, 4) is 0 Å². The molecule has 1 N–H and O–H groups in total. The second-order valence-electron chi connectivity index (χ2n) is 7.15. The fourth-order valence-corrected chi connectivity index (χ4v) is 3.33. The van der Waals surface area contributed by atoms with Crippen LogP contribution in [-0.4, -0.2) is 22.6 Å². The summed E-state index contributed by atoms with van der Waals surface area (Å²) in [7, 11) is 0. The lowest BCUT2D eigenvalue weighted by atomic mass is 9.88. The number of rotatable bonds is 4. The van der Waals surface area contributed by atoms with E-state index in [1.165, 1.54) is 18.3 Å². The third-order valence-corrected chi connectivity index (χ3v) is 5.09. The Kier molecular flexibility index (Phi) is 6.10. The first-order chi connectivity index (χ1) is 14.5. The highest BCUT2D eigenvalue weighted by Crippen LogP contribution is 2.37. The summed E-state index contributed by atoms with van der Waals surface area (Å²) < 4.78 is 69.8. The van der Waals surface area contributed by atoms with Gasteiger partial charge in [0, 0.05) is 23.6 Å². The van der Waals surface area contributed by atoms with E-state index in [9.17, 15) is 22.0 Å². The Bertz CT molecular complexity index is 1140. The van der Waals surface area contributed by atoms with Crippen molar-refractivity contribution < 1.29 is 22.0 Å². The van der Waals surface area contributed by atoms with Crippen LogP contribution in [0.5, 0.6) is 0 Å². The number of allylic oxidation sites excluding steroid dienone is 6. The zero-order valence-corrected chi connectivity index (χ0v) is 17.2. The monoisotopic (exact) mass is 433 g/mol. The van der Waals surface area contributed by atoms with Gasteiger partial charge in [-0.05, 0) is 60.8 Å². The molecule has 0 fully saturated rings. The number of H-pyrrole nitrogens is 1. The molecule has 1 aliphatic rings. The number of hydrogen-bond donors (Lipinski definition) is 1. The van der Waals surface area contributed by atoms with Gasteiger partial charge in [0.2, 0.25) is 0 Å². The Morgan fingerprint density at radius 3 is 2.29 bits per heavy atom. The van der Waals surface area contributed by atoms with E-state index < -0.39 is 23.4 Å². The van der Waals surface area contributed by atoms with Crippen LogP contribution in [0.1, 0.15) is 36.2 Å². The first kappa shape index (κ1) is 22.4. The van der Waals surface area contributed by atoms with E-state index in [0.717, 1.165) is 12.3 Å². The molecule has 0 spiro atoms. The number of aliphatic imine (C=N–C) groups is 1. The minimum Gasteiger partial charge on any atom is -0.278 e. The third kappa shape index (κ3) is 4.42. The highest BCUT2D eigenvalue weighted by molar-refractivity contribution is 6.05. The van der Waals surface area contributed by atoms with Crippen molar-refractivity contribution >= 4 is 17.4 Å². The molecule has 162 valence electrons. The summed E-state index contributed by atoms with van der Waals surface area (Å²) in [5.74, 6) is -1.60. The smallest absolute Gasteiger partial charge is 0.278 e. The van der Waals surface area contributed by atoms with Crippen molar-refractivity contribution in [3.63, 3.8) is 0 Å². The molecular formula is C23H20F5N3. The van der Waals surface area contributed by atoms with Gasteiger partial charge in [-0.3, -0.25) is 10.1 Å². The number of aromatic amines is 1. The molecule has 8 heteroatoms. The van der Waals surface area contributed by atoms with Crippen molar-refractivity contribution in [1.29, 1.82) is 0 Å². The predicted molar refractivity (Wildman–Crippen MR) is 111 cm³/mol. The molecule has 2 heterocycles. The van der Waals surface area contributed by atoms with Crippen molar-refractivity contribution in [2.75, 3.05) is 0 Å². The van der Waals surface area contributed by atoms with Crippen LogP contribution in [0, 0.1) is 18.6 Å². The van der Waals surface area contributed by atoms with Gasteiger partial charge in [0.15, 0.2) is 0 Å². The SMILES string of the molecule is C=C(C1=C(C)\C(c2[nH]ncc2C)=C/C(C(F)(F)F)=C\N=C\1)c1c(F)cc(CC)cc1F. The average molecular weight is 433 g/mol. The Balaban J connectivity index is 2.22. The van der Waals surface area contributed by atoms with E-state index in [1.807, 2.05) is 0 Å². The van der Waals surface area contributed by atoms with Gasteiger partial charge in [0.25, 0.3) is 0 Å². The molecular weight excluding hydrogens is 413 g/mol. The molecule has 0 saturated carbocycles. The van der Waals surface area contributed by atoms with Crippen LogP contribution in [0.25, 0.3) is 11.1 Å². The average Bonchev–Trinajstić information content (AvgIpc) is 3.09. The fraction of sp³-hybridized carbons (Fsp3) is 0.217. The predicted octanol–water partition coefficient (Wildman–Crippen LogP) is 6.50. The summed E-state index contributed by atoms with van der Waals surface area (Å²) in [6.07, 6.45) is 0.0183. The highest BCUT2D eigenvalue weighted by Gasteiger charge is 2.34. The quantitative estimate of drug-likeness (QED) is 0.549. The van der Waals surface area contributed by atoms with Crippen LogP contribution in [0.15, 0.2) is 58.9 Å². The van der Waals surface area contributed by atoms with Crippen LogP contribution in [-0.2, 0) is 6.42 Å². The summed E-state index contributed by atoms with van der Waals surface area (Å²) in [6.45, 7) is 8.84. The molecule has 1 aromatic heterocycles. The van der Waals surface area contributed by atoms with Crippen LogP contribution in [0.3, 0.4) is 0 Å². The molecule has 0 radical (unpaired) electrons. The molecule has 0 atom stereocenters. The van der Waals surface area contributed by atoms with Gasteiger partial charge in [0.05, 0.1) is 23.0 Å². The number of alkyl halides is 3. The number of nitrogens with one attached hydrogen (secondary N) is 1. The third-order valence-electron chi connectivity index (χ3n) is 5.09. The van der Waals surface area contributed by atoms with Gasteiger partial charge < -0.3 is 0 Å². The summed E-state index contributed by atoms with van der Waals surface area (Å²) in [5.41, 5.74) is 0.803. The standard InChI is InChI=1S/C23H20F5N3/c1-5-15-6-19(24)21(20(25)7-15)14(4)18-11-29-10-16(23(26,27)28)8-17(13(18)3)22-12(2)9-30-31-22/h6-11H,4-5H2,1-3H3,(H,30,31)/b16-8?,16-10+,17-8+,17-13?,18-11?,18-13-,29-10?,29-11+. The summed E-state index contributed by atoms with van der Waals surface area (Å²) in [6, 6.07) is 2.44. The fourth-order valence-electron chi connectivity index (χ4n) is 3.33. The summed E-state index contributed by atoms with van der Waals surface area (Å²) in [4.78, 5) is 3.75. The van der Waals surface area contributed by atoms with E-state index in [1.54, 1.807) is 20.8 Å². The Morgan fingerprint density at radius 2 is 1.77 bits per heavy atom. The topological polar surface area (TPSA) is 41.0 Å². The lowest BCUT2D eigenvalue weighted by Crippen LogP contribution is -2.12. The Labute approximate surface area is 176 Å². The van der Waals surface area contributed by atoms with Gasteiger partial charge in [-0.2, -0.15) is 18.3 Å². The summed E-state index contributed by atoms with van der Waals surface area (Å²) >= 11 is 0. The van der Waals surface area contributed by atoms with E-state index in [-0.39, 0.29) is 22.3 Å². The van der Waals surface area contributed by atoms with E-state index in [4.69, 9.17) is 0 Å². The number of aryl methyl sites for hydroxylation is 2.